The van der Waals surface area contributed by atoms with E-state index in [1.54, 1.807) is 36.5 Å². The number of benzene rings is 2. The van der Waals surface area contributed by atoms with Gasteiger partial charge in [0.15, 0.2) is 0 Å². The molecule has 0 aliphatic rings. The molecule has 0 aliphatic carbocycles. The van der Waals surface area contributed by atoms with Gasteiger partial charge in [0.25, 0.3) is 5.91 Å². The standard InChI is InChI=1S/C21H21N3O2/c1-2-16-26-20-10-6-18(7-11-20)21(25)22-14-12-17-4-8-19(9-5-17)24-15-3-13-23-24/h2-11,13,15H,1,12,14,16H2,(H,22,25). The van der Waals surface area contributed by atoms with E-state index in [0.717, 1.165) is 23.4 Å². The Kier molecular flexibility index (Phi) is 5.83. The second kappa shape index (κ2) is 8.67. The van der Waals surface area contributed by atoms with E-state index < -0.39 is 0 Å². The zero-order valence-corrected chi connectivity index (χ0v) is 14.5. The van der Waals surface area contributed by atoms with E-state index in [1.165, 1.54) is 0 Å². The summed E-state index contributed by atoms with van der Waals surface area (Å²) >= 11 is 0. The number of hydrogen-bond donors (Lipinski definition) is 1. The van der Waals surface area contributed by atoms with Gasteiger partial charge in [-0.1, -0.05) is 24.8 Å². The number of amides is 1. The Bertz CT molecular complexity index is 838. The molecule has 0 aliphatic heterocycles. The van der Waals surface area contributed by atoms with Gasteiger partial charge in [0.05, 0.1) is 5.69 Å². The van der Waals surface area contributed by atoms with Crippen molar-refractivity contribution >= 4 is 5.91 Å². The van der Waals surface area contributed by atoms with E-state index >= 15 is 0 Å². The summed E-state index contributed by atoms with van der Waals surface area (Å²) in [6, 6.07) is 17.1. The molecule has 2 aromatic carbocycles. The first-order chi connectivity index (χ1) is 12.8. The average Bonchev–Trinajstić information content (AvgIpc) is 3.22. The number of hydrogen-bond acceptors (Lipinski definition) is 3. The highest BCUT2D eigenvalue weighted by Gasteiger charge is 2.05. The lowest BCUT2D eigenvalue weighted by atomic mass is 10.1. The molecule has 132 valence electrons. The van der Waals surface area contributed by atoms with Gasteiger partial charge >= 0.3 is 0 Å². The van der Waals surface area contributed by atoms with Crippen LogP contribution in [0.3, 0.4) is 0 Å². The summed E-state index contributed by atoms with van der Waals surface area (Å²) in [6.07, 6.45) is 6.11. The summed E-state index contributed by atoms with van der Waals surface area (Å²) in [5.74, 6) is 0.632. The van der Waals surface area contributed by atoms with Crippen LogP contribution in [-0.4, -0.2) is 28.8 Å². The van der Waals surface area contributed by atoms with Crippen molar-refractivity contribution < 1.29 is 9.53 Å². The molecule has 0 unspecified atom stereocenters. The monoisotopic (exact) mass is 347 g/mol. The Morgan fingerprint density at radius 1 is 1.15 bits per heavy atom. The van der Waals surface area contributed by atoms with Crippen LogP contribution in [0.1, 0.15) is 15.9 Å². The molecule has 0 saturated heterocycles. The van der Waals surface area contributed by atoms with Crippen LogP contribution in [0.4, 0.5) is 0 Å². The second-order valence-corrected chi connectivity index (χ2v) is 5.75. The van der Waals surface area contributed by atoms with E-state index in [4.69, 9.17) is 4.74 Å². The molecular weight excluding hydrogens is 326 g/mol. The number of ether oxygens (including phenoxy) is 1. The lowest BCUT2D eigenvalue weighted by Gasteiger charge is -2.08. The summed E-state index contributed by atoms with van der Waals surface area (Å²) in [6.45, 7) is 4.63. The Morgan fingerprint density at radius 2 is 1.92 bits per heavy atom. The van der Waals surface area contributed by atoms with Gasteiger partial charge in [0.2, 0.25) is 0 Å². The highest BCUT2D eigenvalue weighted by atomic mass is 16.5. The Morgan fingerprint density at radius 3 is 2.58 bits per heavy atom. The summed E-state index contributed by atoms with van der Waals surface area (Å²) in [4.78, 5) is 12.2. The third-order valence-corrected chi connectivity index (χ3v) is 3.89. The van der Waals surface area contributed by atoms with E-state index in [-0.39, 0.29) is 5.91 Å². The van der Waals surface area contributed by atoms with E-state index in [9.17, 15) is 4.79 Å². The summed E-state index contributed by atoms with van der Waals surface area (Å²) in [5.41, 5.74) is 2.79. The van der Waals surface area contributed by atoms with Crippen LogP contribution in [-0.2, 0) is 6.42 Å². The average molecular weight is 347 g/mol. The van der Waals surface area contributed by atoms with Crippen LogP contribution in [0.5, 0.6) is 5.75 Å². The van der Waals surface area contributed by atoms with Gasteiger partial charge in [-0.2, -0.15) is 5.10 Å². The van der Waals surface area contributed by atoms with Crippen LogP contribution < -0.4 is 10.1 Å². The molecule has 3 aromatic rings. The fraction of sp³-hybridized carbons (Fsp3) is 0.143. The van der Waals surface area contributed by atoms with Crippen molar-refractivity contribution in [2.75, 3.05) is 13.2 Å². The second-order valence-electron chi connectivity index (χ2n) is 5.75. The zero-order chi connectivity index (χ0) is 18.2. The summed E-state index contributed by atoms with van der Waals surface area (Å²) in [5, 5.41) is 7.14. The van der Waals surface area contributed by atoms with Gasteiger partial charge < -0.3 is 10.1 Å². The molecule has 0 saturated carbocycles. The molecule has 1 heterocycles. The number of nitrogens with zero attached hydrogens (tertiary/aromatic N) is 2. The molecule has 3 rings (SSSR count). The van der Waals surface area contributed by atoms with Crippen molar-refractivity contribution in [1.29, 1.82) is 0 Å². The maximum atomic E-state index is 12.2. The van der Waals surface area contributed by atoms with Crippen LogP contribution in [0.15, 0.2) is 79.6 Å². The normalized spacial score (nSPS) is 10.3. The quantitative estimate of drug-likeness (QED) is 0.635. The predicted octanol–water partition coefficient (Wildman–Crippen LogP) is 3.41. The molecule has 1 N–H and O–H groups in total. The molecule has 5 heteroatoms. The van der Waals surface area contributed by atoms with E-state index in [1.807, 2.05) is 29.1 Å². The van der Waals surface area contributed by atoms with E-state index in [0.29, 0.717) is 18.7 Å². The maximum Gasteiger partial charge on any atom is 0.251 e. The number of rotatable bonds is 8. The van der Waals surface area contributed by atoms with Gasteiger partial charge in [-0.3, -0.25) is 4.79 Å². The summed E-state index contributed by atoms with van der Waals surface area (Å²) < 4.78 is 7.22. The minimum Gasteiger partial charge on any atom is -0.490 e. The first kappa shape index (κ1) is 17.5. The molecule has 0 radical (unpaired) electrons. The minimum absolute atomic E-state index is 0.0894. The Labute approximate surface area is 152 Å². The Hall–Kier alpha value is -3.34. The van der Waals surface area contributed by atoms with Crippen LogP contribution in [0.25, 0.3) is 5.69 Å². The van der Waals surface area contributed by atoms with Gasteiger partial charge in [-0.05, 0) is 54.4 Å². The number of carbonyl (C=O) groups is 1. The first-order valence-corrected chi connectivity index (χ1v) is 8.47. The molecule has 0 fully saturated rings. The van der Waals surface area contributed by atoms with Gasteiger partial charge in [0, 0.05) is 24.5 Å². The minimum atomic E-state index is -0.0894. The zero-order valence-electron chi connectivity index (χ0n) is 14.5. The molecule has 0 spiro atoms. The van der Waals surface area contributed by atoms with Crippen molar-refractivity contribution in [2.45, 2.75) is 6.42 Å². The SMILES string of the molecule is C=CCOc1ccc(C(=O)NCCc2ccc(-n3cccn3)cc2)cc1. The largest absolute Gasteiger partial charge is 0.490 e. The number of carbonyl (C=O) groups excluding carboxylic acids is 1. The third kappa shape index (κ3) is 4.60. The van der Waals surface area contributed by atoms with Crippen LogP contribution >= 0.6 is 0 Å². The topological polar surface area (TPSA) is 56.1 Å². The number of aromatic nitrogens is 2. The van der Waals surface area contributed by atoms with Crippen LogP contribution in [0.2, 0.25) is 0 Å². The molecule has 1 aromatic heterocycles. The van der Waals surface area contributed by atoms with Gasteiger partial charge in [0.1, 0.15) is 12.4 Å². The molecule has 5 nitrogen and oxygen atoms in total. The predicted molar refractivity (Wildman–Crippen MR) is 102 cm³/mol. The lowest BCUT2D eigenvalue weighted by Crippen LogP contribution is -2.25. The van der Waals surface area contributed by atoms with Crippen molar-refractivity contribution in [3.63, 3.8) is 0 Å². The molecule has 26 heavy (non-hydrogen) atoms. The maximum absolute atomic E-state index is 12.2. The highest BCUT2D eigenvalue weighted by Crippen LogP contribution is 2.12. The van der Waals surface area contributed by atoms with Crippen molar-refractivity contribution in [3.8, 4) is 11.4 Å². The molecule has 1 amide bonds. The van der Waals surface area contributed by atoms with E-state index in [2.05, 4.69) is 29.1 Å². The van der Waals surface area contributed by atoms with Gasteiger partial charge in [-0.15, -0.1) is 0 Å². The highest BCUT2D eigenvalue weighted by molar-refractivity contribution is 5.94. The molecular formula is C21H21N3O2. The summed E-state index contributed by atoms with van der Waals surface area (Å²) in [7, 11) is 0. The Balaban J connectivity index is 1.48. The van der Waals surface area contributed by atoms with Gasteiger partial charge in [-0.25, -0.2) is 4.68 Å². The fourth-order valence-corrected chi connectivity index (χ4v) is 2.52. The molecule has 0 bridgehead atoms. The van der Waals surface area contributed by atoms with Crippen molar-refractivity contribution in [2.24, 2.45) is 0 Å². The van der Waals surface area contributed by atoms with Crippen molar-refractivity contribution in [1.82, 2.24) is 15.1 Å². The smallest absolute Gasteiger partial charge is 0.251 e. The lowest BCUT2D eigenvalue weighted by molar-refractivity contribution is 0.0954. The van der Waals surface area contributed by atoms with Crippen molar-refractivity contribution in [3.05, 3.63) is 90.8 Å². The fourth-order valence-electron chi connectivity index (χ4n) is 2.52. The molecule has 0 atom stereocenters. The first-order valence-electron chi connectivity index (χ1n) is 8.47. The number of nitrogens with one attached hydrogen (secondary N) is 1. The third-order valence-electron chi connectivity index (χ3n) is 3.89. The van der Waals surface area contributed by atoms with Crippen LogP contribution in [0, 0.1) is 0 Å².